The van der Waals surface area contributed by atoms with Crippen LogP contribution in [-0.4, -0.2) is 47.5 Å². The van der Waals surface area contributed by atoms with E-state index in [0.717, 1.165) is 19.0 Å². The number of nitrogens with zero attached hydrogens (tertiary/aromatic N) is 1. The third-order valence-electron chi connectivity index (χ3n) is 2.92. The Morgan fingerprint density at radius 2 is 2.06 bits per heavy atom. The van der Waals surface area contributed by atoms with Crippen LogP contribution in [0.4, 0.5) is 0 Å². The van der Waals surface area contributed by atoms with Crippen molar-refractivity contribution in [1.82, 2.24) is 4.57 Å². The fraction of sp³-hybridized carbons (Fsp3) is 0.900. The second kappa shape index (κ2) is 4.99. The Hall–Kier alpha value is -0.176. The highest BCUT2D eigenvalue weighted by atomic mass is 28.4. The molecule has 0 aromatic carbocycles. The maximum absolute atomic E-state index is 11.8. The molecule has 1 unspecified atom stereocenters. The van der Waals surface area contributed by atoms with Crippen molar-refractivity contribution >= 4 is 22.8 Å². The van der Waals surface area contributed by atoms with E-state index >= 15 is 0 Å². The Kier molecular flexibility index (Phi) is 4.33. The van der Waals surface area contributed by atoms with Crippen LogP contribution in [-0.2, 0) is 13.6 Å². The van der Waals surface area contributed by atoms with Crippen molar-refractivity contribution in [3.63, 3.8) is 0 Å². The van der Waals surface area contributed by atoms with E-state index in [-0.39, 0.29) is 5.97 Å². The SMILES string of the molecule is CO[Si]1(C)CCCN1CC(=O)O[Si](C)(C)C. The Bertz CT molecular complexity index is 267. The monoisotopic (exact) mass is 261 g/mol. The molecule has 1 saturated heterocycles. The fourth-order valence-corrected chi connectivity index (χ4v) is 5.43. The van der Waals surface area contributed by atoms with Crippen molar-refractivity contribution in [2.24, 2.45) is 0 Å². The van der Waals surface area contributed by atoms with Gasteiger partial charge in [-0.3, -0.25) is 9.36 Å². The summed E-state index contributed by atoms with van der Waals surface area (Å²) in [4.78, 5) is 11.8. The van der Waals surface area contributed by atoms with Crippen LogP contribution < -0.4 is 0 Å². The van der Waals surface area contributed by atoms with Gasteiger partial charge in [-0.25, -0.2) is 0 Å². The highest BCUT2D eigenvalue weighted by Crippen LogP contribution is 2.26. The molecule has 6 heteroatoms. The largest absolute Gasteiger partial charge is 0.519 e. The first-order valence-electron chi connectivity index (χ1n) is 5.79. The molecule has 0 amide bonds. The Labute approximate surface area is 100 Å². The lowest BCUT2D eigenvalue weighted by atomic mass is 10.5. The van der Waals surface area contributed by atoms with Crippen molar-refractivity contribution < 1.29 is 13.6 Å². The quantitative estimate of drug-likeness (QED) is 0.723. The summed E-state index contributed by atoms with van der Waals surface area (Å²) in [7, 11) is -1.77. The summed E-state index contributed by atoms with van der Waals surface area (Å²) < 4.78 is 13.3. The lowest BCUT2D eigenvalue weighted by Crippen LogP contribution is -2.51. The predicted octanol–water partition coefficient (Wildman–Crippen LogP) is 1.79. The standard InChI is InChI=1S/C10H23NO3Si2/c1-13-16(5)8-6-7-11(16)9-10(12)14-15(2,3)4/h6-9H2,1-5H3. The van der Waals surface area contributed by atoms with Gasteiger partial charge in [0.05, 0.1) is 6.54 Å². The third-order valence-corrected chi connectivity index (χ3v) is 7.64. The molecule has 0 saturated carbocycles. The molecule has 4 nitrogen and oxygen atoms in total. The summed E-state index contributed by atoms with van der Waals surface area (Å²) in [5, 5.41) is 0. The van der Waals surface area contributed by atoms with E-state index in [4.69, 9.17) is 8.85 Å². The van der Waals surface area contributed by atoms with Crippen LogP contribution >= 0.6 is 0 Å². The molecule has 16 heavy (non-hydrogen) atoms. The molecule has 1 heterocycles. The second-order valence-corrected chi connectivity index (χ2v) is 13.8. The molecule has 1 rings (SSSR count). The summed E-state index contributed by atoms with van der Waals surface area (Å²) in [5.74, 6) is -0.0863. The maximum Gasteiger partial charge on any atom is 0.306 e. The van der Waals surface area contributed by atoms with Gasteiger partial charge >= 0.3 is 5.97 Å². The number of hydrogen-bond acceptors (Lipinski definition) is 4. The normalized spacial score (nSPS) is 27.1. The van der Waals surface area contributed by atoms with E-state index < -0.39 is 16.8 Å². The van der Waals surface area contributed by atoms with Gasteiger partial charge in [-0.05, 0) is 45.2 Å². The molecule has 1 aliphatic heterocycles. The Morgan fingerprint density at radius 1 is 1.44 bits per heavy atom. The van der Waals surface area contributed by atoms with Crippen LogP contribution in [0, 0.1) is 0 Å². The van der Waals surface area contributed by atoms with E-state index in [9.17, 15) is 4.79 Å². The number of hydrogen-bond donors (Lipinski definition) is 0. The molecule has 0 aromatic rings. The van der Waals surface area contributed by atoms with Gasteiger partial charge in [-0.2, -0.15) is 0 Å². The van der Waals surface area contributed by atoms with Crippen LogP contribution in [0.5, 0.6) is 0 Å². The summed E-state index contributed by atoms with van der Waals surface area (Å²) in [5.41, 5.74) is 0. The van der Waals surface area contributed by atoms with Gasteiger partial charge in [0.25, 0.3) is 8.48 Å². The molecule has 0 N–H and O–H groups in total. The fourth-order valence-electron chi connectivity index (χ4n) is 2.00. The van der Waals surface area contributed by atoms with Crippen LogP contribution in [0.1, 0.15) is 6.42 Å². The molecule has 1 aliphatic rings. The van der Waals surface area contributed by atoms with E-state index in [0.29, 0.717) is 6.54 Å². The molecular weight excluding hydrogens is 238 g/mol. The van der Waals surface area contributed by atoms with E-state index in [2.05, 4.69) is 11.1 Å². The van der Waals surface area contributed by atoms with Gasteiger partial charge in [-0.1, -0.05) is 0 Å². The van der Waals surface area contributed by atoms with Gasteiger partial charge in [-0.15, -0.1) is 0 Å². The van der Waals surface area contributed by atoms with Crippen molar-refractivity contribution in [1.29, 1.82) is 0 Å². The second-order valence-electron chi connectivity index (χ2n) is 5.49. The molecule has 1 fully saturated rings. The van der Waals surface area contributed by atoms with Crippen molar-refractivity contribution in [3.05, 3.63) is 0 Å². The minimum Gasteiger partial charge on any atom is -0.519 e. The first kappa shape index (κ1) is 13.9. The zero-order valence-electron chi connectivity index (χ0n) is 11.0. The van der Waals surface area contributed by atoms with Gasteiger partial charge in [0.15, 0.2) is 0 Å². The summed E-state index contributed by atoms with van der Waals surface area (Å²) in [6.07, 6.45) is 1.14. The molecule has 0 bridgehead atoms. The summed E-state index contributed by atoms with van der Waals surface area (Å²) in [6, 6.07) is 1.11. The predicted molar refractivity (Wildman–Crippen MR) is 69.1 cm³/mol. The van der Waals surface area contributed by atoms with Crippen LogP contribution in [0.15, 0.2) is 0 Å². The number of carbonyl (C=O) groups excluding carboxylic acids is 1. The number of carbonyl (C=O) groups is 1. The highest BCUT2D eigenvalue weighted by molar-refractivity contribution is 6.72. The third kappa shape index (κ3) is 3.69. The molecule has 94 valence electrons. The lowest BCUT2D eigenvalue weighted by Gasteiger charge is -2.31. The topological polar surface area (TPSA) is 38.8 Å². The smallest absolute Gasteiger partial charge is 0.306 e. The average molecular weight is 261 g/mol. The Balaban J connectivity index is 2.51. The first-order valence-corrected chi connectivity index (χ1v) is 11.8. The van der Waals surface area contributed by atoms with Crippen LogP contribution in [0.25, 0.3) is 0 Å². The first-order chi connectivity index (χ1) is 7.27. The van der Waals surface area contributed by atoms with Gasteiger partial charge in [0.2, 0.25) is 8.32 Å². The van der Waals surface area contributed by atoms with Crippen LogP contribution in [0.3, 0.4) is 0 Å². The highest BCUT2D eigenvalue weighted by Gasteiger charge is 2.41. The molecule has 0 aliphatic carbocycles. The minimum atomic E-state index is -1.78. The zero-order chi connectivity index (χ0) is 12.4. The molecule has 1 atom stereocenters. The summed E-state index contributed by atoms with van der Waals surface area (Å²) >= 11 is 0. The van der Waals surface area contributed by atoms with E-state index in [1.807, 2.05) is 19.6 Å². The molecular formula is C10H23NO3Si2. The van der Waals surface area contributed by atoms with E-state index in [1.54, 1.807) is 7.11 Å². The Morgan fingerprint density at radius 3 is 2.56 bits per heavy atom. The summed E-state index contributed by atoms with van der Waals surface area (Å²) in [6.45, 7) is 9.63. The minimum absolute atomic E-state index is 0.0863. The number of rotatable bonds is 4. The van der Waals surface area contributed by atoms with Gasteiger partial charge in [0, 0.05) is 7.11 Å². The van der Waals surface area contributed by atoms with Gasteiger partial charge in [0.1, 0.15) is 0 Å². The molecule has 0 spiro atoms. The van der Waals surface area contributed by atoms with Gasteiger partial charge < -0.3 is 8.85 Å². The van der Waals surface area contributed by atoms with Crippen molar-refractivity contribution in [2.45, 2.75) is 38.7 Å². The molecule has 0 radical (unpaired) electrons. The maximum atomic E-state index is 11.8. The average Bonchev–Trinajstić information content (AvgIpc) is 2.45. The van der Waals surface area contributed by atoms with E-state index in [1.165, 1.54) is 0 Å². The zero-order valence-corrected chi connectivity index (χ0v) is 13.0. The van der Waals surface area contributed by atoms with Crippen molar-refractivity contribution in [2.75, 3.05) is 20.2 Å². The van der Waals surface area contributed by atoms with Crippen LogP contribution in [0.2, 0.25) is 32.2 Å². The van der Waals surface area contributed by atoms with Crippen molar-refractivity contribution in [3.8, 4) is 0 Å². The lowest BCUT2D eigenvalue weighted by molar-refractivity contribution is -0.135. The molecule has 0 aromatic heterocycles.